The van der Waals surface area contributed by atoms with Gasteiger partial charge in [0.1, 0.15) is 24.1 Å². The largest absolute Gasteiger partial charge is 0.497 e. The number of halogens is 1. The Morgan fingerprint density at radius 3 is 2.11 bits per heavy atom. The Balaban J connectivity index is 2.16. The van der Waals surface area contributed by atoms with Crippen LogP contribution in [0, 0.1) is 0 Å². The normalized spacial score (nSPS) is 12.1. The second kappa shape index (κ2) is 14.7. The third-order valence-electron chi connectivity index (χ3n) is 6.78. The molecular formula is C32H40ClN3O8S. The van der Waals surface area contributed by atoms with Crippen molar-refractivity contribution < 1.29 is 37.0 Å². The van der Waals surface area contributed by atoms with Crippen LogP contribution in [0.4, 0.5) is 5.69 Å². The summed E-state index contributed by atoms with van der Waals surface area (Å²) in [6.45, 7) is 6.38. The lowest BCUT2D eigenvalue weighted by molar-refractivity contribution is -0.140. The number of hydrogen-bond donors (Lipinski definition) is 1. The van der Waals surface area contributed by atoms with E-state index in [1.807, 2.05) is 20.8 Å². The van der Waals surface area contributed by atoms with Crippen LogP contribution in [-0.4, -0.2) is 71.7 Å². The Bertz CT molecular complexity index is 1620. The van der Waals surface area contributed by atoms with Gasteiger partial charge < -0.3 is 29.2 Å². The van der Waals surface area contributed by atoms with Crippen LogP contribution in [0.3, 0.4) is 0 Å². The van der Waals surface area contributed by atoms with E-state index in [4.69, 9.17) is 30.5 Å². The van der Waals surface area contributed by atoms with E-state index in [-0.39, 0.29) is 33.6 Å². The molecule has 1 atom stereocenters. The van der Waals surface area contributed by atoms with Crippen LogP contribution in [-0.2, 0) is 26.2 Å². The average Bonchev–Trinajstić information content (AvgIpc) is 3.00. The number of carbonyl (C=O) groups is 2. The zero-order valence-electron chi connectivity index (χ0n) is 26.7. The molecule has 244 valence electrons. The Hall–Kier alpha value is -4.16. The molecule has 45 heavy (non-hydrogen) atoms. The van der Waals surface area contributed by atoms with E-state index >= 15 is 0 Å². The molecule has 3 aromatic rings. The molecule has 1 N–H and O–H groups in total. The lowest BCUT2D eigenvalue weighted by Gasteiger charge is -2.34. The molecule has 0 saturated heterocycles. The van der Waals surface area contributed by atoms with Crippen LogP contribution in [0.1, 0.15) is 33.3 Å². The summed E-state index contributed by atoms with van der Waals surface area (Å²) in [7, 11) is 1.26. The third-order valence-corrected chi connectivity index (χ3v) is 8.77. The molecule has 0 aromatic heterocycles. The summed E-state index contributed by atoms with van der Waals surface area (Å²) in [5, 5.41) is 3.12. The van der Waals surface area contributed by atoms with Crippen molar-refractivity contribution in [2.75, 3.05) is 39.3 Å². The zero-order chi connectivity index (χ0) is 33.5. The van der Waals surface area contributed by atoms with Crippen molar-refractivity contribution in [1.82, 2.24) is 10.2 Å². The zero-order valence-corrected chi connectivity index (χ0v) is 28.3. The smallest absolute Gasteiger partial charge is 0.265 e. The standard InChI is InChI=1S/C32H40ClN3O8S/c1-21(31(38)34-32(2,3)4)35(19-22-10-9-11-24(16-22)41-5)30(37)20-36(26-17-23(33)12-14-27(26)42-6)45(39,40)25-13-15-28(43-7)29(18-25)44-8/h9-18,21H,19-20H2,1-8H3,(H,34,38)/t21-/m0/s1. The van der Waals surface area contributed by atoms with Gasteiger partial charge in [0.15, 0.2) is 11.5 Å². The van der Waals surface area contributed by atoms with Crippen LogP contribution in [0.15, 0.2) is 65.6 Å². The molecule has 0 aliphatic carbocycles. The van der Waals surface area contributed by atoms with E-state index in [9.17, 15) is 18.0 Å². The Labute approximate surface area is 270 Å². The quantitative estimate of drug-likeness (QED) is 0.274. The van der Waals surface area contributed by atoms with Gasteiger partial charge in [0.25, 0.3) is 10.0 Å². The number of amides is 2. The molecule has 0 heterocycles. The molecule has 0 radical (unpaired) electrons. The Morgan fingerprint density at radius 2 is 1.51 bits per heavy atom. The van der Waals surface area contributed by atoms with Crippen molar-refractivity contribution in [2.24, 2.45) is 0 Å². The fourth-order valence-corrected chi connectivity index (χ4v) is 6.10. The summed E-state index contributed by atoms with van der Waals surface area (Å²) in [4.78, 5) is 28.8. The van der Waals surface area contributed by atoms with Crippen molar-refractivity contribution in [3.05, 3.63) is 71.2 Å². The number of nitrogens with zero attached hydrogens (tertiary/aromatic N) is 2. The van der Waals surface area contributed by atoms with Crippen molar-refractivity contribution in [3.63, 3.8) is 0 Å². The molecule has 0 spiro atoms. The second-order valence-electron chi connectivity index (χ2n) is 11.1. The minimum atomic E-state index is -4.46. The highest BCUT2D eigenvalue weighted by atomic mass is 35.5. The summed E-state index contributed by atoms with van der Waals surface area (Å²) in [5.74, 6) is 0.161. The van der Waals surface area contributed by atoms with Gasteiger partial charge in [-0.1, -0.05) is 23.7 Å². The number of nitrogens with one attached hydrogen (secondary N) is 1. The van der Waals surface area contributed by atoms with Crippen molar-refractivity contribution in [3.8, 4) is 23.0 Å². The SMILES string of the molecule is COc1cccc(CN(C(=O)CN(c2cc(Cl)ccc2OC)S(=O)(=O)c2ccc(OC)c(OC)c2)[C@@H](C)C(=O)NC(C)(C)C)c1. The van der Waals surface area contributed by atoms with Crippen LogP contribution in [0.25, 0.3) is 0 Å². The fourth-order valence-electron chi connectivity index (χ4n) is 4.50. The predicted octanol–water partition coefficient (Wildman–Crippen LogP) is 4.90. The number of methoxy groups -OCH3 is 4. The minimum Gasteiger partial charge on any atom is -0.497 e. The lowest BCUT2D eigenvalue weighted by atomic mass is 10.1. The summed E-state index contributed by atoms with van der Waals surface area (Å²) < 4.78 is 51.0. The highest BCUT2D eigenvalue weighted by Gasteiger charge is 2.35. The van der Waals surface area contributed by atoms with E-state index in [0.29, 0.717) is 17.1 Å². The first-order valence-corrected chi connectivity index (χ1v) is 15.8. The summed E-state index contributed by atoms with van der Waals surface area (Å²) in [5.41, 5.74) is 0.126. The van der Waals surface area contributed by atoms with E-state index in [0.717, 1.165) is 4.31 Å². The fraction of sp³-hybridized carbons (Fsp3) is 0.375. The van der Waals surface area contributed by atoms with Gasteiger partial charge in [-0.25, -0.2) is 8.42 Å². The second-order valence-corrected chi connectivity index (χ2v) is 13.4. The molecule has 3 aromatic carbocycles. The van der Waals surface area contributed by atoms with E-state index < -0.39 is 40.0 Å². The third kappa shape index (κ3) is 8.73. The van der Waals surface area contributed by atoms with Gasteiger partial charge in [0.05, 0.1) is 39.0 Å². The molecule has 0 aliphatic rings. The monoisotopic (exact) mass is 661 g/mol. The van der Waals surface area contributed by atoms with Crippen LogP contribution >= 0.6 is 11.6 Å². The number of benzene rings is 3. The van der Waals surface area contributed by atoms with Gasteiger partial charge >= 0.3 is 0 Å². The molecule has 0 fully saturated rings. The van der Waals surface area contributed by atoms with Gasteiger partial charge in [-0.05, 0) is 75.7 Å². The van der Waals surface area contributed by atoms with E-state index in [1.165, 1.54) is 63.7 Å². The molecule has 0 saturated carbocycles. The van der Waals surface area contributed by atoms with Crippen LogP contribution < -0.4 is 28.6 Å². The average molecular weight is 662 g/mol. The van der Waals surface area contributed by atoms with Crippen molar-refractivity contribution in [2.45, 2.75) is 50.7 Å². The Morgan fingerprint density at radius 1 is 0.867 bits per heavy atom. The molecular weight excluding hydrogens is 622 g/mol. The molecule has 2 amide bonds. The maximum atomic E-state index is 14.3. The summed E-state index contributed by atoms with van der Waals surface area (Å²) in [6, 6.07) is 14.6. The molecule has 11 nitrogen and oxygen atoms in total. The molecule has 0 aliphatic heterocycles. The van der Waals surface area contributed by atoms with Crippen molar-refractivity contribution >= 4 is 39.1 Å². The van der Waals surface area contributed by atoms with Crippen LogP contribution in [0.2, 0.25) is 5.02 Å². The van der Waals surface area contributed by atoms with Crippen molar-refractivity contribution in [1.29, 1.82) is 0 Å². The number of anilines is 1. The first-order chi connectivity index (χ1) is 21.1. The van der Waals surface area contributed by atoms with Gasteiger partial charge in [-0.2, -0.15) is 0 Å². The number of ether oxygens (including phenoxy) is 4. The highest BCUT2D eigenvalue weighted by Crippen LogP contribution is 2.37. The molecule has 3 rings (SSSR count). The van der Waals surface area contributed by atoms with Crippen LogP contribution in [0.5, 0.6) is 23.0 Å². The first-order valence-electron chi connectivity index (χ1n) is 14.0. The van der Waals surface area contributed by atoms with Gasteiger partial charge in [-0.15, -0.1) is 0 Å². The van der Waals surface area contributed by atoms with E-state index in [1.54, 1.807) is 37.3 Å². The molecule has 0 bridgehead atoms. The lowest BCUT2D eigenvalue weighted by Crippen LogP contribution is -2.54. The van der Waals surface area contributed by atoms with Gasteiger partial charge in [0, 0.05) is 23.2 Å². The number of hydrogen-bond acceptors (Lipinski definition) is 8. The topological polar surface area (TPSA) is 124 Å². The van der Waals surface area contributed by atoms with E-state index in [2.05, 4.69) is 5.32 Å². The Kier molecular flexibility index (Phi) is 11.6. The minimum absolute atomic E-state index is 0.00824. The van der Waals surface area contributed by atoms with Gasteiger partial charge in [-0.3, -0.25) is 13.9 Å². The predicted molar refractivity (Wildman–Crippen MR) is 173 cm³/mol. The highest BCUT2D eigenvalue weighted by molar-refractivity contribution is 7.92. The maximum Gasteiger partial charge on any atom is 0.265 e. The first kappa shape index (κ1) is 35.3. The number of sulfonamides is 1. The summed E-state index contributed by atoms with van der Waals surface area (Å²) >= 11 is 6.32. The van der Waals surface area contributed by atoms with Gasteiger partial charge in [0.2, 0.25) is 11.8 Å². The number of carbonyl (C=O) groups excluding carboxylic acids is 2. The maximum absolute atomic E-state index is 14.3. The molecule has 13 heteroatoms. The molecule has 0 unspecified atom stereocenters. The summed E-state index contributed by atoms with van der Waals surface area (Å²) in [6.07, 6.45) is 0. The number of rotatable bonds is 13.